The number of nitrogens with zero attached hydrogens (tertiary/aromatic N) is 3. The van der Waals surface area contributed by atoms with Crippen molar-refractivity contribution in [3.05, 3.63) is 64.9 Å². The third kappa shape index (κ3) is 3.06. The van der Waals surface area contributed by atoms with Gasteiger partial charge in [0.25, 0.3) is 5.88 Å². The van der Waals surface area contributed by atoms with E-state index in [1.54, 1.807) is 43.3 Å². The first-order valence-electron chi connectivity index (χ1n) is 11.5. The average molecular weight is 503 g/mol. The minimum absolute atomic E-state index is 0.000981. The van der Waals surface area contributed by atoms with Gasteiger partial charge in [0.1, 0.15) is 11.2 Å². The Hall–Kier alpha value is -4.53. The predicted molar refractivity (Wildman–Crippen MR) is 126 cm³/mol. The van der Waals surface area contributed by atoms with Gasteiger partial charge in [-0.05, 0) is 24.2 Å². The van der Waals surface area contributed by atoms with Crippen LogP contribution < -0.4 is 4.74 Å². The molecule has 4 heterocycles. The van der Waals surface area contributed by atoms with Crippen molar-refractivity contribution in [1.82, 2.24) is 9.72 Å². The number of rotatable bonds is 6. The van der Waals surface area contributed by atoms with Crippen LogP contribution in [0.2, 0.25) is 0 Å². The lowest BCUT2D eigenvalue weighted by Crippen LogP contribution is -2.33. The molecule has 2 aromatic carbocycles. The van der Waals surface area contributed by atoms with E-state index in [1.165, 1.54) is 4.57 Å². The highest BCUT2D eigenvalue weighted by Gasteiger charge is 2.66. The molecule has 0 radical (unpaired) electrons. The number of nitriles is 1. The number of hydrogen-bond donors (Lipinski definition) is 4. The SMILES string of the molecule is CC12OC(CCOc3cc(C(=O)O)on3)(CC1O)c1c2c(O)n(-c2ccc(C#N)c3ccccc23)c1O. The number of carboxylic acid groups (broad SMARTS) is 1. The average Bonchev–Trinajstić information content (AvgIpc) is 3.58. The number of carboxylic acids is 1. The Morgan fingerprint density at radius 1 is 1.22 bits per heavy atom. The largest absolute Gasteiger partial charge is 0.494 e. The summed E-state index contributed by atoms with van der Waals surface area (Å²) < 4.78 is 17.8. The van der Waals surface area contributed by atoms with Crippen LogP contribution in [0.15, 0.2) is 47.0 Å². The van der Waals surface area contributed by atoms with Crippen molar-refractivity contribution >= 4 is 16.7 Å². The van der Waals surface area contributed by atoms with Gasteiger partial charge in [-0.15, -0.1) is 0 Å². The fourth-order valence-electron chi connectivity index (χ4n) is 5.67. The van der Waals surface area contributed by atoms with Gasteiger partial charge in [0.05, 0.1) is 47.2 Å². The van der Waals surface area contributed by atoms with Crippen molar-refractivity contribution in [2.75, 3.05) is 6.61 Å². The minimum Gasteiger partial charge on any atom is -0.494 e. The third-order valence-electron chi connectivity index (χ3n) is 7.36. The molecule has 2 aliphatic heterocycles. The van der Waals surface area contributed by atoms with Gasteiger partial charge in [-0.1, -0.05) is 24.3 Å². The highest BCUT2D eigenvalue weighted by Crippen LogP contribution is 2.65. The highest BCUT2D eigenvalue weighted by atomic mass is 16.6. The molecule has 1 saturated heterocycles. The number of aromatic nitrogens is 2. The quantitative estimate of drug-likeness (QED) is 0.306. The lowest BCUT2D eigenvalue weighted by atomic mass is 9.76. The zero-order valence-corrected chi connectivity index (χ0v) is 19.5. The number of benzene rings is 2. The fraction of sp³-hybridized carbons (Fsp3) is 0.269. The minimum atomic E-state index is -1.28. The second-order valence-corrected chi connectivity index (χ2v) is 9.38. The molecule has 4 N–H and O–H groups in total. The Morgan fingerprint density at radius 2 is 1.95 bits per heavy atom. The summed E-state index contributed by atoms with van der Waals surface area (Å²) in [5.74, 6) is -2.19. The number of carbonyl (C=O) groups is 1. The smallest absolute Gasteiger partial charge is 0.374 e. The summed E-state index contributed by atoms with van der Waals surface area (Å²) in [6.45, 7) is 1.66. The lowest BCUT2D eigenvalue weighted by Gasteiger charge is -2.26. The molecule has 11 nitrogen and oxygen atoms in total. The number of fused-ring (bicyclic) bond motifs is 6. The Bertz CT molecular complexity index is 1630. The molecule has 4 aromatic rings. The first-order chi connectivity index (χ1) is 17.7. The number of aromatic hydroxyl groups is 2. The first-order valence-corrected chi connectivity index (χ1v) is 11.5. The van der Waals surface area contributed by atoms with Crippen LogP contribution in [-0.4, -0.2) is 48.8 Å². The van der Waals surface area contributed by atoms with Crippen LogP contribution in [0, 0.1) is 11.3 Å². The van der Waals surface area contributed by atoms with E-state index in [1.807, 2.05) is 0 Å². The molecule has 2 aromatic heterocycles. The van der Waals surface area contributed by atoms with E-state index in [-0.39, 0.29) is 48.4 Å². The van der Waals surface area contributed by atoms with Crippen molar-refractivity contribution in [2.24, 2.45) is 0 Å². The Morgan fingerprint density at radius 3 is 2.65 bits per heavy atom. The maximum absolute atomic E-state index is 11.5. The van der Waals surface area contributed by atoms with Crippen LogP contribution in [0.5, 0.6) is 17.6 Å². The zero-order chi connectivity index (χ0) is 26.1. The molecular weight excluding hydrogens is 482 g/mol. The zero-order valence-electron chi connectivity index (χ0n) is 19.5. The van der Waals surface area contributed by atoms with Gasteiger partial charge in [0.15, 0.2) is 0 Å². The maximum Gasteiger partial charge on any atom is 0.374 e. The second kappa shape index (κ2) is 7.73. The second-order valence-electron chi connectivity index (χ2n) is 9.38. The molecule has 2 aliphatic rings. The number of hydrogen-bond acceptors (Lipinski definition) is 9. The highest BCUT2D eigenvalue weighted by molar-refractivity contribution is 5.95. The Labute approximate surface area is 209 Å². The Balaban J connectivity index is 1.43. The molecule has 2 bridgehead atoms. The van der Waals surface area contributed by atoms with Gasteiger partial charge in [0, 0.05) is 23.6 Å². The van der Waals surface area contributed by atoms with Gasteiger partial charge in [-0.25, -0.2) is 4.79 Å². The van der Waals surface area contributed by atoms with Gasteiger partial charge < -0.3 is 34.4 Å². The van der Waals surface area contributed by atoms with Crippen LogP contribution in [0.4, 0.5) is 0 Å². The molecule has 1 fully saturated rings. The summed E-state index contributed by atoms with van der Waals surface area (Å²) >= 11 is 0. The number of aliphatic hydroxyl groups excluding tert-OH is 1. The van der Waals surface area contributed by atoms with Gasteiger partial charge >= 0.3 is 5.97 Å². The van der Waals surface area contributed by atoms with Gasteiger partial charge in [-0.3, -0.25) is 4.57 Å². The van der Waals surface area contributed by atoms with E-state index >= 15 is 0 Å². The molecule has 11 heteroatoms. The van der Waals surface area contributed by atoms with Crippen molar-refractivity contribution in [2.45, 2.75) is 37.1 Å². The van der Waals surface area contributed by atoms with Crippen molar-refractivity contribution in [1.29, 1.82) is 5.26 Å². The van der Waals surface area contributed by atoms with E-state index in [9.17, 15) is 25.4 Å². The van der Waals surface area contributed by atoms with Crippen LogP contribution in [-0.2, 0) is 15.9 Å². The van der Waals surface area contributed by atoms with E-state index in [0.29, 0.717) is 27.6 Å². The van der Waals surface area contributed by atoms with Gasteiger partial charge in [0.2, 0.25) is 17.5 Å². The summed E-state index contributed by atoms with van der Waals surface area (Å²) in [4.78, 5) is 11.0. The lowest BCUT2D eigenvalue weighted by molar-refractivity contribution is -0.107. The normalized spacial score (nSPS) is 23.8. The standard InChI is InChI=1S/C26H21N3O8/c1-25-18(30)11-26(37-25,8-9-35-19-10-17(24(33)34)36-28-19)21-20(25)22(31)29(23(21)32)16-7-6-13(12-27)14-4-2-3-5-15(14)16/h2-7,10,18,30-32H,8-9,11H2,1H3,(H,33,34). The van der Waals surface area contributed by atoms with E-state index < -0.39 is 23.3 Å². The first kappa shape index (κ1) is 22.9. The number of ether oxygens (including phenoxy) is 2. The van der Waals surface area contributed by atoms with Crippen LogP contribution >= 0.6 is 0 Å². The number of aliphatic hydroxyl groups is 1. The molecule has 188 valence electrons. The maximum atomic E-state index is 11.5. The van der Waals surface area contributed by atoms with Crippen LogP contribution in [0.3, 0.4) is 0 Å². The fourth-order valence-corrected chi connectivity index (χ4v) is 5.67. The van der Waals surface area contributed by atoms with E-state index in [2.05, 4.69) is 11.2 Å². The summed E-state index contributed by atoms with van der Waals surface area (Å²) in [6, 6.07) is 13.8. The summed E-state index contributed by atoms with van der Waals surface area (Å²) in [5.41, 5.74) is -0.913. The molecule has 0 aliphatic carbocycles. The summed E-state index contributed by atoms with van der Waals surface area (Å²) in [6.07, 6.45) is -0.665. The van der Waals surface area contributed by atoms with Crippen LogP contribution in [0.1, 0.15) is 47.0 Å². The molecule has 3 atom stereocenters. The number of aromatic carboxylic acids is 1. The van der Waals surface area contributed by atoms with Crippen LogP contribution in [0.25, 0.3) is 16.5 Å². The molecule has 6 rings (SSSR count). The molecule has 0 spiro atoms. The summed E-state index contributed by atoms with van der Waals surface area (Å²) in [5, 5.41) is 57.2. The molecule has 37 heavy (non-hydrogen) atoms. The topological polar surface area (TPSA) is 171 Å². The molecule has 0 saturated carbocycles. The van der Waals surface area contributed by atoms with Crippen molar-refractivity contribution in [3.8, 4) is 29.4 Å². The monoisotopic (exact) mass is 503 g/mol. The summed E-state index contributed by atoms with van der Waals surface area (Å²) in [7, 11) is 0. The molecule has 3 unspecified atom stereocenters. The molecular formula is C26H21N3O8. The predicted octanol–water partition coefficient (Wildman–Crippen LogP) is 3.27. The van der Waals surface area contributed by atoms with E-state index in [0.717, 1.165) is 6.07 Å². The van der Waals surface area contributed by atoms with E-state index in [4.69, 9.17) is 19.1 Å². The Kier molecular flexibility index (Phi) is 4.79. The van der Waals surface area contributed by atoms with Crippen molar-refractivity contribution in [3.63, 3.8) is 0 Å². The van der Waals surface area contributed by atoms with Crippen molar-refractivity contribution < 1.29 is 39.2 Å². The van der Waals surface area contributed by atoms with Gasteiger partial charge in [-0.2, -0.15) is 5.26 Å². The molecule has 0 amide bonds. The third-order valence-corrected chi connectivity index (χ3v) is 7.36.